The molecule has 0 fully saturated rings. The van der Waals surface area contributed by atoms with Gasteiger partial charge in [-0.3, -0.25) is 4.79 Å². The fraction of sp³-hybridized carbons (Fsp3) is 0.467. The quantitative estimate of drug-likeness (QED) is 0.870. The molecule has 20 heavy (non-hydrogen) atoms. The minimum Gasteiger partial charge on any atom is -0.481 e. The molecule has 5 heteroatoms. The summed E-state index contributed by atoms with van der Waals surface area (Å²) >= 11 is 0. The first-order chi connectivity index (χ1) is 9.35. The summed E-state index contributed by atoms with van der Waals surface area (Å²) in [6.07, 6.45) is 0. The minimum absolute atomic E-state index is 0.197. The third kappa shape index (κ3) is 4.26. The number of aliphatic carboxylic acids is 1. The number of nitrogens with one attached hydrogen (secondary N) is 1. The van der Waals surface area contributed by atoms with Crippen LogP contribution in [0.4, 0.5) is 10.5 Å². The molecule has 1 rings (SSSR count). The van der Waals surface area contributed by atoms with Crippen LogP contribution in [-0.2, 0) is 4.79 Å². The highest BCUT2D eigenvalue weighted by molar-refractivity contribution is 5.90. The van der Waals surface area contributed by atoms with E-state index >= 15 is 0 Å². The second-order valence-electron chi connectivity index (χ2n) is 5.03. The molecular formula is C15H22N2O3. The summed E-state index contributed by atoms with van der Waals surface area (Å²) in [4.78, 5) is 24.6. The monoisotopic (exact) mass is 278 g/mol. The van der Waals surface area contributed by atoms with Gasteiger partial charge < -0.3 is 15.3 Å². The van der Waals surface area contributed by atoms with Crippen molar-refractivity contribution in [3.63, 3.8) is 0 Å². The van der Waals surface area contributed by atoms with Gasteiger partial charge in [0.05, 0.1) is 5.92 Å². The molecule has 110 valence electrons. The molecule has 0 aliphatic carbocycles. The molecule has 1 atom stereocenters. The van der Waals surface area contributed by atoms with Gasteiger partial charge in [-0.15, -0.1) is 0 Å². The fourth-order valence-electron chi connectivity index (χ4n) is 1.83. The third-order valence-electron chi connectivity index (χ3n) is 3.22. The molecule has 0 aliphatic heterocycles. The van der Waals surface area contributed by atoms with Crippen LogP contribution in [-0.4, -0.2) is 35.1 Å². The highest BCUT2D eigenvalue weighted by atomic mass is 16.4. The number of amides is 2. The maximum atomic E-state index is 12.2. The predicted octanol–water partition coefficient (Wildman–Crippen LogP) is 2.88. The lowest BCUT2D eigenvalue weighted by atomic mass is 10.1. The first kappa shape index (κ1) is 16.0. The van der Waals surface area contributed by atoms with E-state index < -0.39 is 11.9 Å². The number of carbonyl (C=O) groups is 2. The number of benzene rings is 1. The van der Waals surface area contributed by atoms with E-state index in [2.05, 4.69) is 5.32 Å². The van der Waals surface area contributed by atoms with Crippen LogP contribution in [0.5, 0.6) is 0 Å². The van der Waals surface area contributed by atoms with E-state index in [0.717, 1.165) is 16.8 Å². The number of carbonyl (C=O) groups excluding carboxylic acids is 1. The second kappa shape index (κ2) is 6.93. The molecular weight excluding hydrogens is 256 g/mol. The predicted molar refractivity (Wildman–Crippen MR) is 79.0 cm³/mol. The standard InChI is InChI=1S/C15H22N2O3/c1-5-17(9-12(4)14(18)19)15(20)16-13-8-10(2)6-7-11(13)3/h6-8,12H,5,9H2,1-4H3,(H,16,20)(H,18,19). The van der Waals surface area contributed by atoms with Crippen LogP contribution in [0.15, 0.2) is 18.2 Å². The van der Waals surface area contributed by atoms with Crippen LogP contribution in [0.1, 0.15) is 25.0 Å². The molecule has 0 radical (unpaired) electrons. The molecule has 1 aromatic rings. The highest BCUT2D eigenvalue weighted by Crippen LogP contribution is 2.17. The highest BCUT2D eigenvalue weighted by Gasteiger charge is 2.19. The summed E-state index contributed by atoms with van der Waals surface area (Å²) in [7, 11) is 0. The average Bonchev–Trinajstić information content (AvgIpc) is 2.39. The van der Waals surface area contributed by atoms with Gasteiger partial charge in [0.25, 0.3) is 0 Å². The first-order valence-electron chi connectivity index (χ1n) is 6.71. The Kier molecular flexibility index (Phi) is 5.55. The normalized spacial score (nSPS) is 11.8. The van der Waals surface area contributed by atoms with Crippen LogP contribution in [0.3, 0.4) is 0 Å². The number of urea groups is 1. The third-order valence-corrected chi connectivity index (χ3v) is 3.22. The number of carboxylic acids is 1. The Labute approximate surface area is 119 Å². The van der Waals surface area contributed by atoms with E-state index in [4.69, 9.17) is 5.11 Å². The molecule has 0 saturated heterocycles. The maximum Gasteiger partial charge on any atom is 0.321 e. The molecule has 0 aromatic heterocycles. The summed E-state index contributed by atoms with van der Waals surface area (Å²) in [5.41, 5.74) is 2.80. The lowest BCUT2D eigenvalue weighted by Crippen LogP contribution is -2.39. The first-order valence-corrected chi connectivity index (χ1v) is 6.71. The van der Waals surface area contributed by atoms with E-state index in [-0.39, 0.29) is 12.6 Å². The van der Waals surface area contributed by atoms with Gasteiger partial charge in [-0.05, 0) is 38.0 Å². The number of rotatable bonds is 5. The van der Waals surface area contributed by atoms with Crippen LogP contribution < -0.4 is 5.32 Å². The Morgan fingerprint density at radius 2 is 2.00 bits per heavy atom. The fourth-order valence-corrected chi connectivity index (χ4v) is 1.83. The van der Waals surface area contributed by atoms with E-state index in [0.29, 0.717) is 6.54 Å². The molecule has 0 aliphatic rings. The van der Waals surface area contributed by atoms with Gasteiger partial charge in [-0.2, -0.15) is 0 Å². The Bertz CT molecular complexity index is 500. The molecule has 0 bridgehead atoms. The number of aryl methyl sites for hydroxylation is 2. The molecule has 0 spiro atoms. The number of hydrogen-bond donors (Lipinski definition) is 2. The molecule has 0 heterocycles. The second-order valence-corrected chi connectivity index (χ2v) is 5.03. The zero-order valence-electron chi connectivity index (χ0n) is 12.4. The Hall–Kier alpha value is -2.04. The number of hydrogen-bond acceptors (Lipinski definition) is 2. The van der Waals surface area contributed by atoms with E-state index in [1.165, 1.54) is 4.90 Å². The van der Waals surface area contributed by atoms with Crippen molar-refractivity contribution >= 4 is 17.7 Å². The van der Waals surface area contributed by atoms with Crippen molar-refractivity contribution in [1.29, 1.82) is 0 Å². The summed E-state index contributed by atoms with van der Waals surface area (Å²) in [5, 5.41) is 11.8. The molecule has 2 N–H and O–H groups in total. The zero-order valence-corrected chi connectivity index (χ0v) is 12.4. The van der Waals surface area contributed by atoms with Gasteiger partial charge in [0.15, 0.2) is 0 Å². The van der Waals surface area contributed by atoms with Crippen molar-refractivity contribution in [2.45, 2.75) is 27.7 Å². The topological polar surface area (TPSA) is 69.6 Å². The lowest BCUT2D eigenvalue weighted by Gasteiger charge is -2.23. The molecule has 1 aromatic carbocycles. The van der Waals surface area contributed by atoms with E-state index in [1.54, 1.807) is 6.92 Å². The van der Waals surface area contributed by atoms with Crippen LogP contribution >= 0.6 is 0 Å². The summed E-state index contributed by atoms with van der Waals surface area (Å²) in [6.45, 7) is 7.97. The van der Waals surface area contributed by atoms with Gasteiger partial charge in [-0.25, -0.2) is 4.79 Å². The number of anilines is 1. The van der Waals surface area contributed by atoms with Crippen molar-refractivity contribution in [3.8, 4) is 0 Å². The number of nitrogens with zero attached hydrogens (tertiary/aromatic N) is 1. The largest absolute Gasteiger partial charge is 0.481 e. The smallest absolute Gasteiger partial charge is 0.321 e. The zero-order chi connectivity index (χ0) is 15.3. The van der Waals surface area contributed by atoms with Crippen LogP contribution in [0.25, 0.3) is 0 Å². The molecule has 1 unspecified atom stereocenters. The molecule has 5 nitrogen and oxygen atoms in total. The summed E-state index contributed by atoms with van der Waals surface area (Å²) in [5.74, 6) is -1.48. The SMILES string of the molecule is CCN(CC(C)C(=O)O)C(=O)Nc1cc(C)ccc1C. The lowest BCUT2D eigenvalue weighted by molar-refractivity contribution is -0.141. The van der Waals surface area contributed by atoms with Gasteiger partial charge >= 0.3 is 12.0 Å². The van der Waals surface area contributed by atoms with Gasteiger partial charge in [0.1, 0.15) is 0 Å². The van der Waals surface area contributed by atoms with Gasteiger partial charge in [0, 0.05) is 18.8 Å². The van der Waals surface area contributed by atoms with Gasteiger partial charge in [0.2, 0.25) is 0 Å². The van der Waals surface area contributed by atoms with Crippen molar-refractivity contribution < 1.29 is 14.7 Å². The van der Waals surface area contributed by atoms with Crippen LogP contribution in [0.2, 0.25) is 0 Å². The van der Waals surface area contributed by atoms with E-state index in [1.807, 2.05) is 39.0 Å². The van der Waals surface area contributed by atoms with E-state index in [9.17, 15) is 9.59 Å². The Balaban J connectivity index is 2.77. The maximum absolute atomic E-state index is 12.2. The minimum atomic E-state index is -0.900. The van der Waals surface area contributed by atoms with Crippen molar-refractivity contribution in [2.24, 2.45) is 5.92 Å². The molecule has 0 saturated carbocycles. The summed E-state index contributed by atoms with van der Waals surface area (Å²) in [6, 6.07) is 5.56. The van der Waals surface area contributed by atoms with Crippen molar-refractivity contribution in [2.75, 3.05) is 18.4 Å². The average molecular weight is 278 g/mol. The van der Waals surface area contributed by atoms with Crippen LogP contribution in [0, 0.1) is 19.8 Å². The van der Waals surface area contributed by atoms with Crippen molar-refractivity contribution in [1.82, 2.24) is 4.90 Å². The summed E-state index contributed by atoms with van der Waals surface area (Å²) < 4.78 is 0. The van der Waals surface area contributed by atoms with Gasteiger partial charge in [-0.1, -0.05) is 19.1 Å². The Morgan fingerprint density at radius 3 is 2.55 bits per heavy atom. The van der Waals surface area contributed by atoms with Crippen molar-refractivity contribution in [3.05, 3.63) is 29.3 Å². The Morgan fingerprint density at radius 1 is 1.35 bits per heavy atom. The number of carboxylic acid groups (broad SMARTS) is 1. The molecule has 2 amide bonds.